The number of rotatable bonds is 3. The van der Waals surface area contributed by atoms with Crippen molar-refractivity contribution < 1.29 is 4.79 Å². The molecule has 1 aromatic heterocycles. The molecule has 0 spiro atoms. The fraction of sp³-hybridized carbons (Fsp3) is 0.450. The van der Waals surface area contributed by atoms with Gasteiger partial charge in [-0.15, -0.1) is 12.4 Å². The largest absolute Gasteiger partial charge is 0.341 e. The van der Waals surface area contributed by atoms with Crippen molar-refractivity contribution in [3.05, 3.63) is 58.9 Å². The van der Waals surface area contributed by atoms with E-state index in [9.17, 15) is 4.79 Å². The van der Waals surface area contributed by atoms with E-state index in [1.54, 1.807) is 0 Å². The van der Waals surface area contributed by atoms with Crippen molar-refractivity contribution in [2.75, 3.05) is 19.6 Å². The second-order valence-corrected chi connectivity index (χ2v) is 6.79. The Balaban J connectivity index is 0.00000225. The van der Waals surface area contributed by atoms with E-state index in [4.69, 9.17) is 0 Å². The third-order valence-electron chi connectivity index (χ3n) is 5.15. The number of hydrogen-bond donors (Lipinski definition) is 1. The average Bonchev–Trinajstić information content (AvgIpc) is 2.89. The molecule has 1 aromatic carbocycles. The van der Waals surface area contributed by atoms with Crippen LogP contribution in [0.1, 0.15) is 47.2 Å². The Labute approximate surface area is 156 Å². The van der Waals surface area contributed by atoms with Gasteiger partial charge < -0.3 is 14.8 Å². The topological polar surface area (TPSA) is 37.3 Å². The van der Waals surface area contributed by atoms with E-state index in [1.807, 2.05) is 17.0 Å². The number of aromatic nitrogens is 1. The number of nitrogens with one attached hydrogen (secondary N) is 1. The molecule has 1 saturated heterocycles. The highest BCUT2D eigenvalue weighted by Crippen LogP contribution is 2.26. The Morgan fingerprint density at radius 1 is 1.24 bits per heavy atom. The van der Waals surface area contributed by atoms with Crippen LogP contribution in [-0.2, 0) is 0 Å². The fourth-order valence-electron chi connectivity index (χ4n) is 3.77. The molecule has 4 nitrogen and oxygen atoms in total. The van der Waals surface area contributed by atoms with Crippen molar-refractivity contribution in [1.29, 1.82) is 0 Å². The summed E-state index contributed by atoms with van der Waals surface area (Å²) in [6.45, 7) is 11.0. The van der Waals surface area contributed by atoms with Crippen molar-refractivity contribution >= 4 is 18.3 Å². The van der Waals surface area contributed by atoms with Crippen LogP contribution in [-0.4, -0.2) is 41.1 Å². The summed E-state index contributed by atoms with van der Waals surface area (Å²) in [6.07, 6.45) is 0. The predicted molar refractivity (Wildman–Crippen MR) is 105 cm³/mol. The number of amides is 1. The van der Waals surface area contributed by atoms with Crippen LogP contribution in [0.4, 0.5) is 0 Å². The maximum absolute atomic E-state index is 13.0. The third-order valence-corrected chi connectivity index (χ3v) is 5.15. The van der Waals surface area contributed by atoms with Crippen LogP contribution in [0.3, 0.4) is 0 Å². The van der Waals surface area contributed by atoms with Crippen LogP contribution in [0.15, 0.2) is 36.4 Å². The normalized spacial score (nSPS) is 18.6. The number of piperazine rings is 1. The van der Waals surface area contributed by atoms with Crippen LogP contribution in [0.5, 0.6) is 0 Å². The molecule has 2 atom stereocenters. The Bertz CT molecular complexity index is 726. The smallest absolute Gasteiger partial charge is 0.256 e. The Hall–Kier alpha value is -1.78. The molecule has 2 heterocycles. The van der Waals surface area contributed by atoms with Gasteiger partial charge in [-0.25, -0.2) is 0 Å². The molecule has 1 N–H and O–H groups in total. The second-order valence-electron chi connectivity index (χ2n) is 6.79. The number of carbonyl (C=O) groups is 1. The molecule has 0 saturated carbocycles. The summed E-state index contributed by atoms with van der Waals surface area (Å²) >= 11 is 0. The SMILES string of the molecule is Cc1cc(C(=O)N2CCNCC2C)c(C)n1C(C)c1ccccc1.Cl. The number of benzene rings is 1. The summed E-state index contributed by atoms with van der Waals surface area (Å²) < 4.78 is 2.27. The lowest BCUT2D eigenvalue weighted by Crippen LogP contribution is -2.52. The highest BCUT2D eigenvalue weighted by atomic mass is 35.5. The zero-order valence-electron chi connectivity index (χ0n) is 15.5. The van der Waals surface area contributed by atoms with Gasteiger partial charge >= 0.3 is 0 Å². The number of nitrogens with zero attached hydrogens (tertiary/aromatic N) is 2. The molecule has 1 fully saturated rings. The van der Waals surface area contributed by atoms with Crippen molar-refractivity contribution in [3.8, 4) is 0 Å². The van der Waals surface area contributed by atoms with E-state index >= 15 is 0 Å². The molecule has 2 unspecified atom stereocenters. The molecule has 25 heavy (non-hydrogen) atoms. The van der Waals surface area contributed by atoms with Crippen LogP contribution in [0.25, 0.3) is 0 Å². The highest BCUT2D eigenvalue weighted by Gasteiger charge is 2.27. The first-order valence-corrected chi connectivity index (χ1v) is 8.75. The van der Waals surface area contributed by atoms with Crippen LogP contribution < -0.4 is 5.32 Å². The maximum Gasteiger partial charge on any atom is 0.256 e. The zero-order valence-corrected chi connectivity index (χ0v) is 16.3. The van der Waals surface area contributed by atoms with Gasteiger partial charge in [-0.1, -0.05) is 30.3 Å². The van der Waals surface area contributed by atoms with Gasteiger partial charge in [-0.2, -0.15) is 0 Å². The monoisotopic (exact) mass is 361 g/mol. The average molecular weight is 362 g/mol. The molecule has 1 aliphatic rings. The molecule has 3 rings (SSSR count). The summed E-state index contributed by atoms with van der Waals surface area (Å²) in [5.41, 5.74) is 4.28. The first kappa shape index (κ1) is 19.5. The molecule has 136 valence electrons. The first-order valence-electron chi connectivity index (χ1n) is 8.75. The molecule has 1 amide bonds. The molecule has 5 heteroatoms. The summed E-state index contributed by atoms with van der Waals surface area (Å²) in [5, 5.41) is 3.34. The number of aryl methyl sites for hydroxylation is 1. The van der Waals surface area contributed by atoms with Gasteiger partial charge in [0.25, 0.3) is 5.91 Å². The standard InChI is InChI=1S/C20H27N3O.ClH/c1-14-12-19(20(24)22-11-10-21-13-15(22)2)17(4)23(14)16(3)18-8-6-5-7-9-18;/h5-9,12,15-16,21H,10-11,13H2,1-4H3;1H. The van der Waals surface area contributed by atoms with Gasteiger partial charge in [-0.05, 0) is 39.3 Å². The van der Waals surface area contributed by atoms with Crippen LogP contribution >= 0.6 is 12.4 Å². The molecule has 2 aromatic rings. The maximum atomic E-state index is 13.0. The van der Waals surface area contributed by atoms with Crippen molar-refractivity contribution in [3.63, 3.8) is 0 Å². The van der Waals surface area contributed by atoms with Gasteiger partial charge in [0, 0.05) is 37.1 Å². The number of carbonyl (C=O) groups excluding carboxylic acids is 1. The Morgan fingerprint density at radius 3 is 2.56 bits per heavy atom. The van der Waals surface area contributed by atoms with Gasteiger partial charge in [0.1, 0.15) is 0 Å². The lowest BCUT2D eigenvalue weighted by Gasteiger charge is -2.34. The van der Waals surface area contributed by atoms with Crippen LogP contribution in [0.2, 0.25) is 0 Å². The Morgan fingerprint density at radius 2 is 1.92 bits per heavy atom. The first-order chi connectivity index (χ1) is 11.5. The van der Waals surface area contributed by atoms with Crippen molar-refractivity contribution in [2.24, 2.45) is 0 Å². The van der Waals surface area contributed by atoms with Gasteiger partial charge in [0.05, 0.1) is 11.6 Å². The molecule has 0 radical (unpaired) electrons. The lowest BCUT2D eigenvalue weighted by atomic mass is 10.1. The molecule has 0 aliphatic carbocycles. The van der Waals surface area contributed by atoms with Gasteiger partial charge in [-0.3, -0.25) is 4.79 Å². The summed E-state index contributed by atoms with van der Waals surface area (Å²) in [6, 6.07) is 12.9. The minimum Gasteiger partial charge on any atom is -0.341 e. The van der Waals surface area contributed by atoms with E-state index in [0.29, 0.717) is 0 Å². The van der Waals surface area contributed by atoms with Crippen LogP contribution in [0, 0.1) is 13.8 Å². The number of halogens is 1. The Kier molecular flexibility index (Phi) is 6.31. The van der Waals surface area contributed by atoms with Gasteiger partial charge in [0.2, 0.25) is 0 Å². The minimum absolute atomic E-state index is 0. The summed E-state index contributed by atoms with van der Waals surface area (Å²) in [4.78, 5) is 15.0. The molecular weight excluding hydrogens is 334 g/mol. The van der Waals surface area contributed by atoms with Crippen molar-refractivity contribution in [1.82, 2.24) is 14.8 Å². The second kappa shape index (κ2) is 8.07. The summed E-state index contributed by atoms with van der Waals surface area (Å²) in [5.74, 6) is 0.156. The molecule has 1 aliphatic heterocycles. The predicted octanol–water partition coefficient (Wildman–Crippen LogP) is 3.57. The third kappa shape index (κ3) is 3.75. The minimum atomic E-state index is 0. The van der Waals surface area contributed by atoms with Crippen molar-refractivity contribution in [2.45, 2.75) is 39.8 Å². The van der Waals surface area contributed by atoms with Gasteiger partial charge in [0.15, 0.2) is 0 Å². The van der Waals surface area contributed by atoms with E-state index in [-0.39, 0.29) is 30.4 Å². The van der Waals surface area contributed by atoms with E-state index < -0.39 is 0 Å². The summed E-state index contributed by atoms with van der Waals surface area (Å²) in [7, 11) is 0. The molecular formula is C20H28ClN3O. The molecule has 0 bridgehead atoms. The number of hydrogen-bond acceptors (Lipinski definition) is 2. The highest BCUT2D eigenvalue weighted by molar-refractivity contribution is 5.96. The quantitative estimate of drug-likeness (QED) is 0.907. The van der Waals surface area contributed by atoms with E-state index in [2.05, 4.69) is 61.8 Å². The fourth-order valence-corrected chi connectivity index (χ4v) is 3.77. The van der Waals surface area contributed by atoms with E-state index in [0.717, 1.165) is 36.6 Å². The zero-order chi connectivity index (χ0) is 17.3. The lowest BCUT2D eigenvalue weighted by molar-refractivity contribution is 0.0655. The van der Waals surface area contributed by atoms with E-state index in [1.165, 1.54) is 5.56 Å².